The topological polar surface area (TPSA) is 75.6 Å². The number of esters is 1. The lowest BCUT2D eigenvalue weighted by Crippen LogP contribution is -2.62. The first-order valence-corrected chi connectivity index (χ1v) is 5.83. The van der Waals surface area contributed by atoms with Gasteiger partial charge in [-0.25, -0.2) is 9.59 Å². The molecule has 0 bridgehead atoms. The molecule has 5 nitrogen and oxygen atoms in total. The summed E-state index contributed by atoms with van der Waals surface area (Å²) in [5.41, 5.74) is -2.05. The minimum Gasteiger partial charge on any atom is -0.479 e. The molecule has 5 heteroatoms. The van der Waals surface area contributed by atoms with Gasteiger partial charge in [0.05, 0.1) is 12.2 Å². The smallest absolute Gasteiger partial charge is 0.337 e. The van der Waals surface area contributed by atoms with Gasteiger partial charge in [-0.05, 0) is 25.3 Å². The van der Waals surface area contributed by atoms with Crippen LogP contribution < -0.4 is 5.32 Å². The summed E-state index contributed by atoms with van der Waals surface area (Å²) in [4.78, 5) is 23.6. The van der Waals surface area contributed by atoms with Crippen molar-refractivity contribution in [3.05, 3.63) is 23.9 Å². The van der Waals surface area contributed by atoms with E-state index < -0.39 is 22.9 Å². The molecule has 0 aromatic carbocycles. The number of carbonyl (C=O) groups is 2. The number of carboxylic acid groups (broad SMARTS) is 1. The van der Waals surface area contributed by atoms with Gasteiger partial charge in [0.2, 0.25) is 0 Å². The minimum atomic E-state index is -1.48. The number of dihydropyridines is 1. The molecule has 0 saturated carbocycles. The number of carbonyl (C=O) groups excluding carboxylic acids is 1. The van der Waals surface area contributed by atoms with E-state index in [1.165, 1.54) is 12.3 Å². The summed E-state index contributed by atoms with van der Waals surface area (Å²) in [6, 6.07) is 0. The van der Waals surface area contributed by atoms with Crippen molar-refractivity contribution in [1.29, 1.82) is 0 Å². The lowest BCUT2D eigenvalue weighted by atomic mass is 9.68. The van der Waals surface area contributed by atoms with E-state index in [0.29, 0.717) is 0 Å². The highest BCUT2D eigenvalue weighted by atomic mass is 16.5. The molecule has 100 valence electrons. The van der Waals surface area contributed by atoms with Crippen LogP contribution in [0.4, 0.5) is 0 Å². The molecule has 1 aliphatic rings. The Morgan fingerprint density at radius 1 is 1.44 bits per heavy atom. The zero-order valence-corrected chi connectivity index (χ0v) is 11.1. The van der Waals surface area contributed by atoms with Crippen LogP contribution in [0.25, 0.3) is 0 Å². The van der Waals surface area contributed by atoms with Crippen molar-refractivity contribution in [2.24, 2.45) is 5.41 Å². The van der Waals surface area contributed by atoms with Crippen LogP contribution in [0.3, 0.4) is 0 Å². The molecule has 0 fully saturated rings. The summed E-state index contributed by atoms with van der Waals surface area (Å²) in [5.74, 6) is -1.70. The molecule has 0 spiro atoms. The van der Waals surface area contributed by atoms with E-state index in [9.17, 15) is 14.7 Å². The first kappa shape index (κ1) is 14.3. The third-order valence-corrected chi connectivity index (χ3v) is 3.00. The number of allylic oxidation sites excluding steroid dienone is 2. The lowest BCUT2D eigenvalue weighted by Gasteiger charge is -2.43. The molecule has 1 atom stereocenters. The fourth-order valence-electron chi connectivity index (χ4n) is 2.07. The maximum Gasteiger partial charge on any atom is 0.337 e. The van der Waals surface area contributed by atoms with Crippen molar-refractivity contribution >= 4 is 11.9 Å². The summed E-state index contributed by atoms with van der Waals surface area (Å²) in [6.07, 6.45) is 4.62. The number of hydrogen-bond donors (Lipinski definition) is 2. The molecule has 0 aliphatic carbocycles. The average Bonchev–Trinajstić information content (AvgIpc) is 2.27. The SMILES string of the molecule is CCOC(=O)C1=CC=CNC1(C(=O)O)C(C)(C)C. The van der Waals surface area contributed by atoms with Crippen LogP contribution in [0.5, 0.6) is 0 Å². The first-order valence-electron chi connectivity index (χ1n) is 5.83. The number of aliphatic carboxylic acids is 1. The summed E-state index contributed by atoms with van der Waals surface area (Å²) in [5, 5.41) is 12.4. The molecule has 0 aromatic rings. The third kappa shape index (κ3) is 2.12. The number of nitrogens with one attached hydrogen (secondary N) is 1. The van der Waals surface area contributed by atoms with E-state index in [4.69, 9.17) is 4.74 Å². The van der Waals surface area contributed by atoms with E-state index in [0.717, 1.165) is 0 Å². The van der Waals surface area contributed by atoms with E-state index in [2.05, 4.69) is 5.32 Å². The van der Waals surface area contributed by atoms with Gasteiger partial charge in [0.15, 0.2) is 5.54 Å². The number of rotatable bonds is 3. The molecule has 0 amide bonds. The summed E-state index contributed by atoms with van der Waals surface area (Å²) < 4.78 is 4.94. The van der Waals surface area contributed by atoms with Crippen LogP contribution in [0.2, 0.25) is 0 Å². The second-order valence-corrected chi connectivity index (χ2v) is 5.11. The molecule has 18 heavy (non-hydrogen) atoms. The summed E-state index contributed by atoms with van der Waals surface area (Å²) >= 11 is 0. The van der Waals surface area contributed by atoms with Gasteiger partial charge in [0, 0.05) is 5.41 Å². The fourth-order valence-corrected chi connectivity index (χ4v) is 2.07. The van der Waals surface area contributed by atoms with Gasteiger partial charge in [-0.15, -0.1) is 0 Å². The molecule has 0 aromatic heterocycles. The van der Waals surface area contributed by atoms with Gasteiger partial charge in [-0.3, -0.25) is 0 Å². The molecule has 1 heterocycles. The van der Waals surface area contributed by atoms with Crippen molar-refractivity contribution in [2.75, 3.05) is 6.61 Å². The Morgan fingerprint density at radius 3 is 2.50 bits per heavy atom. The van der Waals surface area contributed by atoms with Gasteiger partial charge < -0.3 is 15.2 Å². The predicted octanol–water partition coefficient (Wildman–Crippen LogP) is 1.46. The monoisotopic (exact) mass is 253 g/mol. The van der Waals surface area contributed by atoms with Gasteiger partial charge in [-0.2, -0.15) is 0 Å². The minimum absolute atomic E-state index is 0.117. The van der Waals surface area contributed by atoms with Crippen LogP contribution >= 0.6 is 0 Å². The van der Waals surface area contributed by atoms with E-state index in [1.807, 2.05) is 0 Å². The Bertz CT molecular complexity index is 417. The number of carboxylic acids is 1. The molecule has 2 N–H and O–H groups in total. The van der Waals surface area contributed by atoms with Gasteiger partial charge in [0.1, 0.15) is 0 Å². The van der Waals surface area contributed by atoms with Crippen molar-refractivity contribution < 1.29 is 19.4 Å². The molecule has 0 saturated heterocycles. The summed E-state index contributed by atoms with van der Waals surface area (Å²) in [6.45, 7) is 7.19. The summed E-state index contributed by atoms with van der Waals surface area (Å²) in [7, 11) is 0. The quantitative estimate of drug-likeness (QED) is 0.745. The maximum absolute atomic E-state index is 11.9. The Hall–Kier alpha value is -1.78. The zero-order chi connectivity index (χ0) is 14.0. The lowest BCUT2D eigenvalue weighted by molar-refractivity contribution is -0.152. The Morgan fingerprint density at radius 2 is 2.06 bits per heavy atom. The molecule has 1 unspecified atom stereocenters. The first-order chi connectivity index (χ1) is 8.27. The van der Waals surface area contributed by atoms with Crippen molar-refractivity contribution in [3.8, 4) is 0 Å². The highest BCUT2D eigenvalue weighted by Crippen LogP contribution is 2.38. The van der Waals surface area contributed by atoms with E-state index >= 15 is 0 Å². The van der Waals surface area contributed by atoms with Crippen molar-refractivity contribution in [2.45, 2.75) is 33.2 Å². The zero-order valence-electron chi connectivity index (χ0n) is 11.1. The van der Waals surface area contributed by atoms with Gasteiger partial charge in [0.25, 0.3) is 0 Å². The number of hydrogen-bond acceptors (Lipinski definition) is 4. The van der Waals surface area contributed by atoms with Crippen LogP contribution in [-0.2, 0) is 14.3 Å². The van der Waals surface area contributed by atoms with E-state index in [1.54, 1.807) is 33.8 Å². The van der Waals surface area contributed by atoms with Crippen molar-refractivity contribution in [1.82, 2.24) is 5.32 Å². The fraction of sp³-hybridized carbons (Fsp3) is 0.538. The second kappa shape index (κ2) is 4.84. The van der Waals surface area contributed by atoms with Crippen LogP contribution in [0, 0.1) is 5.41 Å². The average molecular weight is 253 g/mol. The highest BCUT2D eigenvalue weighted by Gasteiger charge is 2.54. The third-order valence-electron chi connectivity index (χ3n) is 3.00. The van der Waals surface area contributed by atoms with Crippen LogP contribution in [-0.4, -0.2) is 29.2 Å². The standard InChI is InChI=1S/C13H19NO4/c1-5-18-10(15)9-7-6-8-14-13(9,11(16)17)12(2,3)4/h6-8,14H,5H2,1-4H3,(H,16,17). The van der Waals surface area contributed by atoms with Crippen molar-refractivity contribution in [3.63, 3.8) is 0 Å². The maximum atomic E-state index is 11.9. The highest BCUT2D eigenvalue weighted by molar-refractivity contribution is 6.01. The molecule has 0 radical (unpaired) electrons. The predicted molar refractivity (Wildman–Crippen MR) is 66.8 cm³/mol. The Balaban J connectivity index is 3.33. The Labute approximate surface area is 107 Å². The van der Waals surface area contributed by atoms with Crippen LogP contribution in [0.15, 0.2) is 23.9 Å². The second-order valence-electron chi connectivity index (χ2n) is 5.11. The van der Waals surface area contributed by atoms with Gasteiger partial charge in [-0.1, -0.05) is 20.8 Å². The Kier molecular flexibility index (Phi) is 3.84. The largest absolute Gasteiger partial charge is 0.479 e. The number of ether oxygens (including phenoxy) is 1. The van der Waals surface area contributed by atoms with E-state index in [-0.39, 0.29) is 12.2 Å². The van der Waals surface area contributed by atoms with Crippen LogP contribution in [0.1, 0.15) is 27.7 Å². The molecule has 1 aliphatic heterocycles. The molecular weight excluding hydrogens is 234 g/mol. The molecular formula is C13H19NO4. The normalized spacial score (nSPS) is 23.0. The van der Waals surface area contributed by atoms with Gasteiger partial charge >= 0.3 is 11.9 Å². The molecule has 1 rings (SSSR count).